The average molecular weight is 516 g/mol. The molecule has 27 heavy (non-hydrogen) atoms. The molecule has 0 amide bonds. The van der Waals surface area contributed by atoms with Crippen molar-refractivity contribution in [2.75, 3.05) is 33.7 Å². The minimum absolute atomic E-state index is 0. The molecule has 1 saturated heterocycles. The second-order valence-electron chi connectivity index (χ2n) is 6.42. The van der Waals surface area contributed by atoms with Gasteiger partial charge in [0.2, 0.25) is 0 Å². The summed E-state index contributed by atoms with van der Waals surface area (Å²) in [6.45, 7) is 1.62. The molecule has 0 unspecified atom stereocenters. The van der Waals surface area contributed by atoms with Crippen molar-refractivity contribution in [2.45, 2.75) is 25.1 Å². The topological polar surface area (TPSA) is 65.0 Å². The number of hydrogen-bond donors (Lipinski definition) is 1. The van der Waals surface area contributed by atoms with Crippen LogP contribution in [0.4, 0.5) is 8.78 Å². The Morgan fingerprint density at radius 3 is 2.41 bits per heavy atom. The molecule has 10 heteroatoms. The molecule has 6 nitrogen and oxygen atoms in total. The fourth-order valence-electron chi connectivity index (χ4n) is 3.03. The minimum atomic E-state index is -4.46. The van der Waals surface area contributed by atoms with Gasteiger partial charge in [-0.25, -0.2) is 8.42 Å². The van der Waals surface area contributed by atoms with Crippen LogP contribution in [0.2, 0.25) is 0 Å². The van der Waals surface area contributed by atoms with E-state index in [1.165, 1.54) is 5.56 Å². The van der Waals surface area contributed by atoms with Crippen LogP contribution in [0.25, 0.3) is 0 Å². The average Bonchev–Trinajstić information content (AvgIpc) is 2.63. The van der Waals surface area contributed by atoms with E-state index in [1.807, 2.05) is 42.3 Å². The summed E-state index contributed by atoms with van der Waals surface area (Å²) in [5, 5.41) is 3.30. The third kappa shape index (κ3) is 6.83. The molecule has 0 aromatic heterocycles. The number of nitrogens with zero attached hydrogens (tertiary/aromatic N) is 3. The summed E-state index contributed by atoms with van der Waals surface area (Å²) in [6, 6.07) is 10.0. The summed E-state index contributed by atoms with van der Waals surface area (Å²) in [4.78, 5) is 6.28. The van der Waals surface area contributed by atoms with Gasteiger partial charge < -0.3 is 10.2 Å². The SMILES string of the molecule is CN=C(NCC1CCN(S(=O)(=O)C(F)F)CC1)N(C)Cc1ccccc1.I. The van der Waals surface area contributed by atoms with Crippen molar-refractivity contribution in [3.63, 3.8) is 0 Å². The number of rotatable bonds is 6. The molecule has 1 fully saturated rings. The zero-order valence-electron chi connectivity index (χ0n) is 15.5. The van der Waals surface area contributed by atoms with Crippen LogP contribution in [-0.2, 0) is 16.6 Å². The molecular weight excluding hydrogens is 489 g/mol. The number of piperidine rings is 1. The van der Waals surface area contributed by atoms with Gasteiger partial charge in [0.05, 0.1) is 0 Å². The van der Waals surface area contributed by atoms with Gasteiger partial charge in [0, 0.05) is 40.3 Å². The van der Waals surface area contributed by atoms with Crippen molar-refractivity contribution in [2.24, 2.45) is 10.9 Å². The van der Waals surface area contributed by atoms with E-state index in [2.05, 4.69) is 10.3 Å². The monoisotopic (exact) mass is 516 g/mol. The molecule has 2 rings (SSSR count). The molecule has 1 aromatic rings. The Labute approximate surface area is 177 Å². The largest absolute Gasteiger partial charge is 0.356 e. The first-order valence-electron chi connectivity index (χ1n) is 8.57. The lowest BCUT2D eigenvalue weighted by molar-refractivity contribution is 0.204. The lowest BCUT2D eigenvalue weighted by Crippen LogP contribution is -2.45. The Bertz CT molecular complexity index is 696. The number of halogens is 3. The maximum absolute atomic E-state index is 12.6. The molecule has 0 aliphatic carbocycles. The highest BCUT2D eigenvalue weighted by molar-refractivity contribution is 14.0. The molecular formula is C17H27F2IN4O2S. The van der Waals surface area contributed by atoms with Gasteiger partial charge in [-0.2, -0.15) is 13.1 Å². The van der Waals surface area contributed by atoms with Crippen LogP contribution in [0.15, 0.2) is 35.3 Å². The van der Waals surface area contributed by atoms with Gasteiger partial charge in [0.15, 0.2) is 5.96 Å². The second-order valence-corrected chi connectivity index (χ2v) is 8.32. The zero-order valence-corrected chi connectivity index (χ0v) is 18.7. The van der Waals surface area contributed by atoms with Crippen LogP contribution < -0.4 is 5.32 Å². The van der Waals surface area contributed by atoms with Crippen LogP contribution >= 0.6 is 24.0 Å². The summed E-state index contributed by atoms with van der Waals surface area (Å²) in [6.07, 6.45) is 1.11. The van der Waals surface area contributed by atoms with E-state index >= 15 is 0 Å². The highest BCUT2D eigenvalue weighted by Crippen LogP contribution is 2.22. The molecule has 1 N–H and O–H groups in total. The molecule has 154 valence electrons. The van der Waals surface area contributed by atoms with Crippen molar-refractivity contribution in [3.8, 4) is 0 Å². The molecule has 0 radical (unpaired) electrons. The van der Waals surface area contributed by atoms with E-state index in [4.69, 9.17) is 0 Å². The van der Waals surface area contributed by atoms with Crippen molar-refractivity contribution >= 4 is 40.0 Å². The highest BCUT2D eigenvalue weighted by atomic mass is 127. The molecule has 0 spiro atoms. The normalized spacial score (nSPS) is 16.9. The molecule has 1 heterocycles. The summed E-state index contributed by atoms with van der Waals surface area (Å²) >= 11 is 0. The van der Waals surface area contributed by atoms with Gasteiger partial charge in [-0.3, -0.25) is 4.99 Å². The molecule has 1 aliphatic rings. The number of aliphatic imine (C=N–C) groups is 1. The smallest absolute Gasteiger partial charge is 0.350 e. The fraction of sp³-hybridized carbons (Fsp3) is 0.588. The van der Waals surface area contributed by atoms with Gasteiger partial charge in [-0.05, 0) is 24.3 Å². The van der Waals surface area contributed by atoms with Crippen molar-refractivity contribution in [3.05, 3.63) is 35.9 Å². The Balaban J connectivity index is 0.00000364. The van der Waals surface area contributed by atoms with Gasteiger partial charge >= 0.3 is 5.76 Å². The van der Waals surface area contributed by atoms with Gasteiger partial charge in [0.1, 0.15) is 0 Å². The zero-order chi connectivity index (χ0) is 19.2. The van der Waals surface area contributed by atoms with E-state index in [0.717, 1.165) is 10.3 Å². The van der Waals surface area contributed by atoms with Crippen molar-refractivity contribution in [1.82, 2.24) is 14.5 Å². The predicted molar refractivity (Wildman–Crippen MR) is 114 cm³/mol. The first-order chi connectivity index (χ1) is 12.3. The third-order valence-electron chi connectivity index (χ3n) is 4.54. The third-order valence-corrected chi connectivity index (χ3v) is 6.08. The van der Waals surface area contributed by atoms with Crippen LogP contribution in [-0.4, -0.2) is 63.1 Å². The Hall–Kier alpha value is -1.01. The summed E-state index contributed by atoms with van der Waals surface area (Å²) in [5.74, 6) is -2.37. The number of alkyl halides is 2. The molecule has 0 atom stereocenters. The van der Waals surface area contributed by atoms with Crippen LogP contribution in [0.1, 0.15) is 18.4 Å². The standard InChI is InChI=1S/C17H26F2N4O2S.HI/c1-20-17(22(2)13-15-6-4-3-5-7-15)21-12-14-8-10-23(11-9-14)26(24,25)16(18)19;/h3-7,14,16H,8-13H2,1-2H3,(H,20,21);1H. The quantitative estimate of drug-likeness (QED) is 0.359. The molecule has 1 aliphatic heterocycles. The summed E-state index contributed by atoms with van der Waals surface area (Å²) in [7, 11) is -0.805. The number of hydrogen-bond acceptors (Lipinski definition) is 3. The van der Waals surface area contributed by atoms with Crippen molar-refractivity contribution in [1.29, 1.82) is 0 Å². The Kier molecular flexibility index (Phi) is 9.88. The number of guanidine groups is 1. The van der Waals surface area contributed by atoms with Crippen molar-refractivity contribution < 1.29 is 17.2 Å². The number of sulfonamides is 1. The van der Waals surface area contributed by atoms with E-state index < -0.39 is 15.8 Å². The van der Waals surface area contributed by atoms with Gasteiger partial charge in [-0.1, -0.05) is 30.3 Å². The molecule has 0 bridgehead atoms. The lowest BCUT2D eigenvalue weighted by atomic mass is 9.98. The minimum Gasteiger partial charge on any atom is -0.356 e. The maximum atomic E-state index is 12.6. The first kappa shape index (κ1) is 24.0. The summed E-state index contributed by atoms with van der Waals surface area (Å²) < 4.78 is 49.1. The Morgan fingerprint density at radius 2 is 1.89 bits per heavy atom. The Morgan fingerprint density at radius 1 is 1.30 bits per heavy atom. The predicted octanol–water partition coefficient (Wildman–Crippen LogP) is 2.58. The van der Waals surface area contributed by atoms with Crippen LogP contribution in [0.5, 0.6) is 0 Å². The summed E-state index contributed by atoms with van der Waals surface area (Å²) in [5.41, 5.74) is 1.17. The van der Waals surface area contributed by atoms with Crippen LogP contribution in [0, 0.1) is 5.92 Å². The van der Waals surface area contributed by atoms with Gasteiger partial charge in [0.25, 0.3) is 10.0 Å². The van der Waals surface area contributed by atoms with E-state index in [1.54, 1.807) is 7.05 Å². The lowest BCUT2D eigenvalue weighted by Gasteiger charge is -2.32. The number of benzene rings is 1. The highest BCUT2D eigenvalue weighted by Gasteiger charge is 2.34. The number of nitrogens with one attached hydrogen (secondary N) is 1. The molecule has 0 saturated carbocycles. The molecule has 1 aromatic carbocycles. The van der Waals surface area contributed by atoms with E-state index in [-0.39, 0.29) is 43.0 Å². The van der Waals surface area contributed by atoms with Crippen LogP contribution in [0.3, 0.4) is 0 Å². The van der Waals surface area contributed by atoms with E-state index in [9.17, 15) is 17.2 Å². The van der Waals surface area contributed by atoms with E-state index in [0.29, 0.717) is 25.9 Å². The van der Waals surface area contributed by atoms with Gasteiger partial charge in [-0.15, -0.1) is 24.0 Å². The first-order valence-corrected chi connectivity index (χ1v) is 10.1. The maximum Gasteiger partial charge on any atom is 0.350 e. The fourth-order valence-corrected chi connectivity index (χ4v) is 3.98. The second kappa shape index (κ2) is 11.1.